The molecule has 38 heavy (non-hydrogen) atoms. The zero-order valence-electron chi connectivity index (χ0n) is 20.6. The van der Waals surface area contributed by atoms with Gasteiger partial charge >= 0.3 is 0 Å². The summed E-state index contributed by atoms with van der Waals surface area (Å²) in [6.07, 6.45) is 1.60. The first-order valence-corrected chi connectivity index (χ1v) is 13.6. The second-order valence-electron chi connectivity index (χ2n) is 8.23. The number of aromatic nitrogens is 1. The van der Waals surface area contributed by atoms with Crippen molar-refractivity contribution in [1.29, 1.82) is 0 Å². The van der Waals surface area contributed by atoms with Gasteiger partial charge in [0.2, 0.25) is 5.91 Å². The normalized spacial score (nSPS) is 11.1. The standard InChI is InChI=1S/C26H24ClN5O4S2/c1-31(2)22-10-3-17(13-23(22)32(34)35)15-29-19-6-9-21-24(14-19)38-26(30-21)37-16-25(33)28-11-12-36-20-7-4-18(27)5-8-20/h3-10,13-15H,11-12,16H2,1-2H3,(H,28,33). The van der Waals surface area contributed by atoms with E-state index in [1.165, 1.54) is 29.2 Å². The number of hydrogen-bond acceptors (Lipinski definition) is 9. The number of anilines is 1. The lowest BCUT2D eigenvalue weighted by atomic mass is 10.1. The van der Waals surface area contributed by atoms with Gasteiger partial charge in [-0.05, 0) is 54.1 Å². The minimum absolute atomic E-state index is 0.0247. The van der Waals surface area contributed by atoms with E-state index in [-0.39, 0.29) is 17.3 Å². The molecule has 9 nitrogen and oxygen atoms in total. The zero-order chi connectivity index (χ0) is 27.1. The molecule has 0 unspecified atom stereocenters. The van der Waals surface area contributed by atoms with Crippen molar-refractivity contribution in [3.8, 4) is 5.75 Å². The van der Waals surface area contributed by atoms with Crippen molar-refractivity contribution in [2.45, 2.75) is 4.34 Å². The monoisotopic (exact) mass is 569 g/mol. The number of benzene rings is 3. The number of ether oxygens (including phenoxy) is 1. The lowest BCUT2D eigenvalue weighted by Gasteiger charge is -2.12. The molecule has 1 aromatic heterocycles. The molecule has 0 aliphatic carbocycles. The number of carbonyl (C=O) groups excluding carboxylic acids is 1. The molecule has 0 saturated carbocycles. The highest BCUT2D eigenvalue weighted by Gasteiger charge is 2.15. The number of aliphatic imine (C=N–C) groups is 1. The number of carbonyl (C=O) groups is 1. The zero-order valence-corrected chi connectivity index (χ0v) is 23.0. The Morgan fingerprint density at radius 2 is 2.00 bits per heavy atom. The molecule has 196 valence electrons. The molecule has 1 amide bonds. The van der Waals surface area contributed by atoms with Gasteiger partial charge in [-0.2, -0.15) is 0 Å². The van der Waals surface area contributed by atoms with Crippen LogP contribution in [0.5, 0.6) is 5.75 Å². The molecule has 0 saturated heterocycles. The van der Waals surface area contributed by atoms with E-state index in [1.54, 1.807) is 61.6 Å². The van der Waals surface area contributed by atoms with Crippen molar-refractivity contribution in [2.75, 3.05) is 37.9 Å². The van der Waals surface area contributed by atoms with Crippen LogP contribution in [0, 0.1) is 10.1 Å². The molecule has 12 heteroatoms. The number of rotatable bonds is 11. The number of hydrogen-bond donors (Lipinski definition) is 1. The molecule has 1 heterocycles. The molecule has 3 aromatic carbocycles. The highest BCUT2D eigenvalue weighted by Crippen LogP contribution is 2.32. The predicted octanol–water partition coefficient (Wildman–Crippen LogP) is 5.96. The fourth-order valence-corrected chi connectivity index (χ4v) is 5.45. The Balaban J connectivity index is 1.30. The summed E-state index contributed by atoms with van der Waals surface area (Å²) < 4.78 is 7.29. The Morgan fingerprint density at radius 3 is 2.74 bits per heavy atom. The van der Waals surface area contributed by atoms with E-state index in [2.05, 4.69) is 15.3 Å². The number of thioether (sulfide) groups is 1. The van der Waals surface area contributed by atoms with Crippen LogP contribution in [0.25, 0.3) is 10.2 Å². The first kappa shape index (κ1) is 27.4. The summed E-state index contributed by atoms with van der Waals surface area (Å²) in [6, 6.07) is 17.7. The molecule has 4 rings (SSSR count). The van der Waals surface area contributed by atoms with Crippen molar-refractivity contribution in [3.05, 3.63) is 81.4 Å². The van der Waals surface area contributed by atoms with Crippen LogP contribution in [-0.2, 0) is 4.79 Å². The molecular weight excluding hydrogens is 546 g/mol. The maximum atomic E-state index is 12.2. The molecule has 1 N–H and O–H groups in total. The number of nitrogens with one attached hydrogen (secondary N) is 1. The number of nitro benzene ring substituents is 1. The quantitative estimate of drug-likeness (QED) is 0.0779. The minimum atomic E-state index is -0.398. The van der Waals surface area contributed by atoms with Gasteiger partial charge in [-0.3, -0.25) is 19.9 Å². The predicted molar refractivity (Wildman–Crippen MR) is 155 cm³/mol. The van der Waals surface area contributed by atoms with Gasteiger partial charge in [-0.25, -0.2) is 4.98 Å². The summed E-state index contributed by atoms with van der Waals surface area (Å²) in [5.41, 5.74) is 2.71. The Morgan fingerprint density at radius 1 is 1.21 bits per heavy atom. The third-order valence-corrected chi connectivity index (χ3v) is 7.64. The minimum Gasteiger partial charge on any atom is -0.492 e. The molecule has 0 aliphatic heterocycles. The number of halogens is 1. The summed E-state index contributed by atoms with van der Waals surface area (Å²) in [4.78, 5) is 34.0. The van der Waals surface area contributed by atoms with E-state index in [1.807, 2.05) is 18.2 Å². The number of amides is 1. The fraction of sp³-hybridized carbons (Fsp3) is 0.192. The van der Waals surface area contributed by atoms with Gasteiger partial charge in [-0.15, -0.1) is 11.3 Å². The Bertz CT molecular complexity index is 1470. The molecule has 0 radical (unpaired) electrons. The van der Waals surface area contributed by atoms with Crippen LogP contribution in [0.15, 0.2) is 70.0 Å². The van der Waals surface area contributed by atoms with Gasteiger partial charge in [0.15, 0.2) is 4.34 Å². The van der Waals surface area contributed by atoms with Crippen LogP contribution in [0.3, 0.4) is 0 Å². The average Bonchev–Trinajstić information content (AvgIpc) is 3.31. The van der Waals surface area contributed by atoms with Gasteiger partial charge < -0.3 is 15.0 Å². The van der Waals surface area contributed by atoms with Gasteiger partial charge in [0.1, 0.15) is 18.0 Å². The second kappa shape index (κ2) is 12.7. The number of fused-ring (bicyclic) bond motifs is 1. The van der Waals surface area contributed by atoms with Gasteiger partial charge in [0.05, 0.1) is 33.1 Å². The van der Waals surface area contributed by atoms with Crippen LogP contribution in [0.2, 0.25) is 5.02 Å². The maximum absolute atomic E-state index is 12.2. The average molecular weight is 570 g/mol. The summed E-state index contributed by atoms with van der Waals surface area (Å²) >= 11 is 8.70. The topological polar surface area (TPSA) is 110 Å². The van der Waals surface area contributed by atoms with Crippen LogP contribution >= 0.6 is 34.7 Å². The number of nitro groups is 1. The number of nitrogens with zero attached hydrogens (tertiary/aromatic N) is 4. The van der Waals surface area contributed by atoms with Crippen molar-refractivity contribution in [1.82, 2.24) is 10.3 Å². The molecule has 0 spiro atoms. The van der Waals surface area contributed by atoms with E-state index in [0.717, 1.165) is 14.6 Å². The molecular formula is C26H24ClN5O4S2. The van der Waals surface area contributed by atoms with Crippen LogP contribution in [0.4, 0.5) is 17.1 Å². The first-order valence-electron chi connectivity index (χ1n) is 11.5. The van der Waals surface area contributed by atoms with E-state index < -0.39 is 4.92 Å². The highest BCUT2D eigenvalue weighted by molar-refractivity contribution is 8.01. The van der Waals surface area contributed by atoms with Crippen molar-refractivity contribution in [2.24, 2.45) is 4.99 Å². The highest BCUT2D eigenvalue weighted by atomic mass is 35.5. The Kier molecular flexibility index (Phi) is 9.16. The summed E-state index contributed by atoms with van der Waals surface area (Å²) in [5, 5.41) is 14.9. The van der Waals surface area contributed by atoms with Crippen molar-refractivity contribution < 1.29 is 14.5 Å². The maximum Gasteiger partial charge on any atom is 0.293 e. The smallest absolute Gasteiger partial charge is 0.293 e. The van der Waals surface area contributed by atoms with Crippen LogP contribution in [-0.4, -0.2) is 55.0 Å². The summed E-state index contributed by atoms with van der Waals surface area (Å²) in [6.45, 7) is 0.750. The van der Waals surface area contributed by atoms with E-state index in [9.17, 15) is 14.9 Å². The van der Waals surface area contributed by atoms with Crippen LogP contribution < -0.4 is 15.0 Å². The van der Waals surface area contributed by atoms with Crippen molar-refractivity contribution >= 4 is 74.1 Å². The van der Waals surface area contributed by atoms with E-state index in [4.69, 9.17) is 16.3 Å². The molecule has 4 aromatic rings. The van der Waals surface area contributed by atoms with E-state index >= 15 is 0 Å². The van der Waals surface area contributed by atoms with Crippen LogP contribution in [0.1, 0.15) is 5.56 Å². The van der Waals surface area contributed by atoms with Gasteiger partial charge in [-0.1, -0.05) is 29.4 Å². The fourth-order valence-electron chi connectivity index (χ4n) is 3.40. The molecule has 0 fully saturated rings. The lowest BCUT2D eigenvalue weighted by molar-refractivity contribution is -0.384. The molecule has 0 atom stereocenters. The summed E-state index contributed by atoms with van der Waals surface area (Å²) in [5.74, 6) is 0.835. The largest absolute Gasteiger partial charge is 0.492 e. The Hall–Kier alpha value is -3.67. The third kappa shape index (κ3) is 7.44. The van der Waals surface area contributed by atoms with Gasteiger partial charge in [0, 0.05) is 31.4 Å². The third-order valence-electron chi connectivity index (χ3n) is 5.23. The van der Waals surface area contributed by atoms with Crippen molar-refractivity contribution in [3.63, 3.8) is 0 Å². The Labute approximate surface area is 232 Å². The van der Waals surface area contributed by atoms with Gasteiger partial charge in [0.25, 0.3) is 5.69 Å². The lowest BCUT2D eigenvalue weighted by Crippen LogP contribution is -2.29. The first-order chi connectivity index (χ1) is 18.3. The molecule has 0 aliphatic rings. The second-order valence-corrected chi connectivity index (χ2v) is 10.9. The van der Waals surface area contributed by atoms with E-state index in [0.29, 0.717) is 40.9 Å². The SMILES string of the molecule is CN(C)c1ccc(C=Nc2ccc3nc(SCC(=O)NCCOc4ccc(Cl)cc4)sc3c2)cc1[N+](=O)[O-]. The number of thiazole rings is 1. The molecule has 0 bridgehead atoms. The summed E-state index contributed by atoms with van der Waals surface area (Å²) in [7, 11) is 3.53.